The maximum absolute atomic E-state index is 11.9. The fourth-order valence-electron chi connectivity index (χ4n) is 2.18. The lowest BCUT2D eigenvalue weighted by Crippen LogP contribution is -2.31. The average Bonchev–Trinajstić information content (AvgIpc) is 2.90. The van der Waals surface area contributed by atoms with Crippen LogP contribution in [0.15, 0.2) is 36.0 Å². The summed E-state index contributed by atoms with van der Waals surface area (Å²) in [5.74, 6) is 7.15. The second kappa shape index (κ2) is 8.57. The molecule has 0 spiro atoms. The molecular formula is C17H23N5O2S. The number of ether oxygens (including phenoxy) is 1. The minimum atomic E-state index is -0.348. The highest BCUT2D eigenvalue weighted by atomic mass is 32.2. The largest absolute Gasteiger partial charge is 0.486 e. The Kier molecular flexibility index (Phi) is 6.46. The van der Waals surface area contributed by atoms with Crippen LogP contribution in [0.5, 0.6) is 5.75 Å². The number of nitrogens with zero attached hydrogens (tertiary/aromatic N) is 3. The van der Waals surface area contributed by atoms with Crippen LogP contribution in [0, 0.1) is 13.8 Å². The minimum absolute atomic E-state index is 0.110. The number of carbonyl (C=O) groups is 1. The van der Waals surface area contributed by atoms with E-state index in [0.717, 1.165) is 16.9 Å². The summed E-state index contributed by atoms with van der Waals surface area (Å²) in [6.45, 7) is 10.00. The Bertz CT molecular complexity index is 739. The Morgan fingerprint density at radius 2 is 2.08 bits per heavy atom. The highest BCUT2D eigenvalue weighted by Crippen LogP contribution is 2.22. The van der Waals surface area contributed by atoms with Gasteiger partial charge in [0, 0.05) is 6.54 Å². The monoisotopic (exact) mass is 361 g/mol. The summed E-state index contributed by atoms with van der Waals surface area (Å²) in [5, 5.41) is 10.9. The molecule has 0 aliphatic heterocycles. The molecule has 1 heterocycles. The molecule has 0 fully saturated rings. The standard InChI is InChI=1S/C17H23N5O2S/c1-5-6-19-16(23)13(4)25-17-21-20-15(22(17)18)10-24-14-8-11(2)7-12(3)9-14/h5,7-9,13H,1,6,10,18H2,2-4H3,(H,19,23). The van der Waals surface area contributed by atoms with Crippen molar-refractivity contribution in [3.05, 3.63) is 47.8 Å². The van der Waals surface area contributed by atoms with E-state index in [4.69, 9.17) is 10.6 Å². The summed E-state index contributed by atoms with van der Waals surface area (Å²) in [5.41, 5.74) is 2.25. The second-order valence-electron chi connectivity index (χ2n) is 5.67. The predicted molar refractivity (Wildman–Crippen MR) is 98.9 cm³/mol. The van der Waals surface area contributed by atoms with Crippen molar-refractivity contribution < 1.29 is 9.53 Å². The van der Waals surface area contributed by atoms with Gasteiger partial charge in [0.15, 0.2) is 5.82 Å². The summed E-state index contributed by atoms with van der Waals surface area (Å²) in [6, 6.07) is 5.98. The van der Waals surface area contributed by atoms with E-state index in [-0.39, 0.29) is 17.8 Å². The number of hydrogen-bond donors (Lipinski definition) is 2. The fraction of sp³-hybridized carbons (Fsp3) is 0.353. The first-order valence-corrected chi connectivity index (χ1v) is 8.74. The SMILES string of the molecule is C=CCNC(=O)C(C)Sc1nnc(COc2cc(C)cc(C)c2)n1N. The van der Waals surface area contributed by atoms with Crippen LogP contribution < -0.4 is 15.9 Å². The maximum atomic E-state index is 11.9. The first-order chi connectivity index (χ1) is 11.9. The smallest absolute Gasteiger partial charge is 0.233 e. The molecule has 0 aliphatic rings. The molecule has 2 aromatic rings. The van der Waals surface area contributed by atoms with Crippen molar-refractivity contribution in [3.8, 4) is 5.75 Å². The number of aromatic nitrogens is 3. The maximum Gasteiger partial charge on any atom is 0.233 e. The number of carbonyl (C=O) groups excluding carboxylic acids is 1. The van der Waals surface area contributed by atoms with Crippen molar-refractivity contribution in [1.29, 1.82) is 0 Å². The van der Waals surface area contributed by atoms with Gasteiger partial charge < -0.3 is 15.9 Å². The number of hydrogen-bond acceptors (Lipinski definition) is 6. The Hall–Kier alpha value is -2.48. The number of nitrogen functional groups attached to an aromatic ring is 1. The number of thioether (sulfide) groups is 1. The second-order valence-corrected chi connectivity index (χ2v) is 6.98. The highest BCUT2D eigenvalue weighted by Gasteiger charge is 2.19. The number of benzene rings is 1. The third-order valence-corrected chi connectivity index (χ3v) is 4.43. The van der Waals surface area contributed by atoms with Gasteiger partial charge in [-0.1, -0.05) is 23.9 Å². The Morgan fingerprint density at radius 3 is 2.72 bits per heavy atom. The summed E-state index contributed by atoms with van der Waals surface area (Å²) in [4.78, 5) is 11.9. The van der Waals surface area contributed by atoms with E-state index in [0.29, 0.717) is 17.5 Å². The predicted octanol–water partition coefficient (Wildman–Crippen LogP) is 1.97. The summed E-state index contributed by atoms with van der Waals surface area (Å²) in [7, 11) is 0. The Labute approximate surface area is 151 Å². The van der Waals surface area contributed by atoms with E-state index in [9.17, 15) is 4.79 Å². The Balaban J connectivity index is 1.98. The molecule has 0 saturated carbocycles. The zero-order chi connectivity index (χ0) is 18.4. The number of amides is 1. The molecule has 3 N–H and O–H groups in total. The van der Waals surface area contributed by atoms with Gasteiger partial charge in [0.2, 0.25) is 11.1 Å². The van der Waals surface area contributed by atoms with Crippen molar-refractivity contribution in [2.24, 2.45) is 0 Å². The zero-order valence-corrected chi connectivity index (χ0v) is 15.5. The van der Waals surface area contributed by atoms with Gasteiger partial charge in [0.1, 0.15) is 12.4 Å². The summed E-state index contributed by atoms with van der Waals surface area (Å²) >= 11 is 1.24. The van der Waals surface area contributed by atoms with Crippen LogP contribution in [0.4, 0.5) is 0 Å². The normalized spacial score (nSPS) is 11.8. The third kappa shape index (κ3) is 5.25. The number of nitrogens with two attached hydrogens (primary N) is 1. The van der Waals surface area contributed by atoms with E-state index in [2.05, 4.69) is 28.2 Å². The first kappa shape index (κ1) is 18.9. The van der Waals surface area contributed by atoms with Crippen LogP contribution >= 0.6 is 11.8 Å². The molecule has 1 atom stereocenters. The number of aryl methyl sites for hydroxylation is 2. The van der Waals surface area contributed by atoms with Crippen molar-refractivity contribution in [1.82, 2.24) is 20.2 Å². The van der Waals surface area contributed by atoms with Gasteiger partial charge in [-0.05, 0) is 44.0 Å². The number of rotatable bonds is 8. The molecule has 1 aromatic heterocycles. The molecule has 0 saturated heterocycles. The van der Waals surface area contributed by atoms with Crippen LogP contribution in [-0.4, -0.2) is 32.6 Å². The molecule has 0 aliphatic carbocycles. The lowest BCUT2D eigenvalue weighted by atomic mass is 10.1. The Morgan fingerprint density at radius 1 is 1.40 bits per heavy atom. The van der Waals surface area contributed by atoms with E-state index < -0.39 is 0 Å². The molecule has 1 aromatic carbocycles. The van der Waals surface area contributed by atoms with Gasteiger partial charge in [-0.3, -0.25) is 4.79 Å². The average molecular weight is 361 g/mol. The van der Waals surface area contributed by atoms with Gasteiger partial charge in [-0.2, -0.15) is 0 Å². The van der Waals surface area contributed by atoms with Gasteiger partial charge >= 0.3 is 0 Å². The van der Waals surface area contributed by atoms with E-state index >= 15 is 0 Å². The van der Waals surface area contributed by atoms with Crippen molar-refractivity contribution >= 4 is 17.7 Å². The van der Waals surface area contributed by atoms with Gasteiger partial charge in [-0.15, -0.1) is 16.8 Å². The van der Waals surface area contributed by atoms with Crippen LogP contribution in [-0.2, 0) is 11.4 Å². The molecular weight excluding hydrogens is 338 g/mol. The topological polar surface area (TPSA) is 95.1 Å². The third-order valence-electron chi connectivity index (χ3n) is 3.37. The molecule has 25 heavy (non-hydrogen) atoms. The lowest BCUT2D eigenvalue weighted by Gasteiger charge is -2.11. The highest BCUT2D eigenvalue weighted by molar-refractivity contribution is 8.00. The molecule has 0 radical (unpaired) electrons. The van der Waals surface area contributed by atoms with Crippen molar-refractivity contribution in [2.75, 3.05) is 12.4 Å². The van der Waals surface area contributed by atoms with Crippen molar-refractivity contribution in [2.45, 2.75) is 37.8 Å². The van der Waals surface area contributed by atoms with E-state index in [1.165, 1.54) is 16.4 Å². The van der Waals surface area contributed by atoms with Crippen LogP contribution in [0.2, 0.25) is 0 Å². The zero-order valence-electron chi connectivity index (χ0n) is 14.7. The van der Waals surface area contributed by atoms with E-state index in [1.807, 2.05) is 26.0 Å². The quantitative estimate of drug-likeness (QED) is 0.424. The number of nitrogens with one attached hydrogen (secondary N) is 1. The van der Waals surface area contributed by atoms with Gasteiger partial charge in [0.05, 0.1) is 5.25 Å². The van der Waals surface area contributed by atoms with Gasteiger partial charge in [-0.25, -0.2) is 4.68 Å². The van der Waals surface area contributed by atoms with Gasteiger partial charge in [0.25, 0.3) is 0 Å². The summed E-state index contributed by atoms with van der Waals surface area (Å²) < 4.78 is 7.10. The van der Waals surface area contributed by atoms with Crippen LogP contribution in [0.3, 0.4) is 0 Å². The molecule has 2 rings (SSSR count). The molecule has 0 bridgehead atoms. The molecule has 1 unspecified atom stereocenters. The molecule has 7 nitrogen and oxygen atoms in total. The fourth-order valence-corrected chi connectivity index (χ4v) is 2.99. The summed E-state index contributed by atoms with van der Waals surface area (Å²) in [6.07, 6.45) is 1.63. The first-order valence-electron chi connectivity index (χ1n) is 7.86. The van der Waals surface area contributed by atoms with Crippen LogP contribution in [0.1, 0.15) is 23.9 Å². The lowest BCUT2D eigenvalue weighted by molar-refractivity contribution is -0.120. The van der Waals surface area contributed by atoms with Crippen molar-refractivity contribution in [3.63, 3.8) is 0 Å². The molecule has 1 amide bonds. The minimum Gasteiger partial charge on any atom is -0.486 e. The van der Waals surface area contributed by atoms with E-state index in [1.54, 1.807) is 13.0 Å². The molecule has 134 valence electrons. The van der Waals surface area contributed by atoms with Crippen LogP contribution in [0.25, 0.3) is 0 Å². The molecule has 8 heteroatoms.